The second-order valence-corrected chi connectivity index (χ2v) is 4.77. The predicted molar refractivity (Wildman–Crippen MR) is 79.6 cm³/mol. The lowest BCUT2D eigenvalue weighted by atomic mass is 10.1. The molecule has 3 nitrogen and oxygen atoms in total. The molecule has 3 aromatic rings. The van der Waals surface area contributed by atoms with E-state index in [-0.39, 0.29) is 0 Å². The molecule has 0 amide bonds. The average molecular weight is 251 g/mol. The van der Waals surface area contributed by atoms with Gasteiger partial charge in [0.15, 0.2) is 0 Å². The second kappa shape index (κ2) is 4.43. The van der Waals surface area contributed by atoms with Gasteiger partial charge in [0.25, 0.3) is 0 Å². The first-order valence-electron chi connectivity index (χ1n) is 6.53. The summed E-state index contributed by atoms with van der Waals surface area (Å²) >= 11 is 0. The summed E-state index contributed by atoms with van der Waals surface area (Å²) in [6.45, 7) is 4.21. The molecule has 3 rings (SSSR count). The molecule has 0 saturated heterocycles. The fourth-order valence-electron chi connectivity index (χ4n) is 2.41. The molecule has 0 aliphatic rings. The summed E-state index contributed by atoms with van der Waals surface area (Å²) in [5, 5.41) is 0. The number of nitrogen functional groups attached to an aromatic ring is 1. The Morgan fingerprint density at radius 3 is 2.53 bits per heavy atom. The molecule has 0 bridgehead atoms. The smallest absolute Gasteiger partial charge is 0.205 e. The first-order valence-corrected chi connectivity index (χ1v) is 6.53. The van der Waals surface area contributed by atoms with E-state index in [2.05, 4.69) is 55.2 Å². The fraction of sp³-hybridized carbons (Fsp3) is 0.188. The Labute approximate surface area is 112 Å². The van der Waals surface area contributed by atoms with Gasteiger partial charge in [-0.2, -0.15) is 0 Å². The Morgan fingerprint density at radius 1 is 1.11 bits per heavy atom. The number of benzene rings is 2. The van der Waals surface area contributed by atoms with Crippen LogP contribution in [0.4, 0.5) is 5.95 Å². The molecule has 96 valence electrons. The van der Waals surface area contributed by atoms with Crippen LogP contribution in [0.3, 0.4) is 0 Å². The highest BCUT2D eigenvalue weighted by Gasteiger charge is 2.10. The van der Waals surface area contributed by atoms with Crippen molar-refractivity contribution in [2.24, 2.45) is 0 Å². The number of rotatable bonds is 2. The van der Waals surface area contributed by atoms with Crippen LogP contribution < -0.4 is 5.73 Å². The number of aryl methyl sites for hydroxylation is 2. The first kappa shape index (κ1) is 11.8. The molecule has 0 aliphatic heterocycles. The highest BCUT2D eigenvalue weighted by Crippen LogP contribution is 2.25. The van der Waals surface area contributed by atoms with Gasteiger partial charge in [-0.25, -0.2) is 4.98 Å². The van der Waals surface area contributed by atoms with Crippen LogP contribution in [0.2, 0.25) is 0 Å². The SMILES string of the molecule is CCc1ccc(-n2c(N)nc3c(C)cccc32)cc1. The summed E-state index contributed by atoms with van der Waals surface area (Å²) < 4.78 is 2.00. The maximum Gasteiger partial charge on any atom is 0.205 e. The van der Waals surface area contributed by atoms with Crippen molar-refractivity contribution in [3.8, 4) is 5.69 Å². The van der Waals surface area contributed by atoms with E-state index in [1.165, 1.54) is 5.56 Å². The first-order chi connectivity index (χ1) is 9.20. The lowest BCUT2D eigenvalue weighted by Crippen LogP contribution is -2.00. The van der Waals surface area contributed by atoms with Gasteiger partial charge >= 0.3 is 0 Å². The van der Waals surface area contributed by atoms with Crippen molar-refractivity contribution in [1.29, 1.82) is 0 Å². The molecule has 0 radical (unpaired) electrons. The number of anilines is 1. The largest absolute Gasteiger partial charge is 0.369 e. The van der Waals surface area contributed by atoms with Crippen LogP contribution >= 0.6 is 0 Å². The number of nitrogens with zero attached hydrogens (tertiary/aromatic N) is 2. The van der Waals surface area contributed by atoms with Crippen molar-refractivity contribution >= 4 is 17.0 Å². The predicted octanol–water partition coefficient (Wildman–Crippen LogP) is 3.48. The molecule has 2 N–H and O–H groups in total. The standard InChI is InChI=1S/C16H17N3/c1-3-12-7-9-13(10-8-12)19-14-6-4-5-11(2)15(14)18-16(19)17/h4-10H,3H2,1-2H3,(H2,17,18). The zero-order chi connectivity index (χ0) is 13.4. The number of fused-ring (bicyclic) bond motifs is 1. The number of para-hydroxylation sites is 1. The lowest BCUT2D eigenvalue weighted by Gasteiger charge is -2.07. The molecule has 0 aliphatic carbocycles. The topological polar surface area (TPSA) is 43.8 Å². The van der Waals surface area contributed by atoms with Crippen LogP contribution in [0, 0.1) is 6.92 Å². The van der Waals surface area contributed by atoms with E-state index >= 15 is 0 Å². The van der Waals surface area contributed by atoms with E-state index in [4.69, 9.17) is 5.73 Å². The summed E-state index contributed by atoms with van der Waals surface area (Å²) in [7, 11) is 0. The normalized spacial score (nSPS) is 11.1. The molecule has 1 aromatic heterocycles. The van der Waals surface area contributed by atoms with Crippen LogP contribution in [0.5, 0.6) is 0 Å². The molecule has 0 fully saturated rings. The molecule has 0 saturated carbocycles. The van der Waals surface area contributed by atoms with E-state index in [1.807, 2.05) is 10.6 Å². The number of hydrogen-bond acceptors (Lipinski definition) is 2. The van der Waals surface area contributed by atoms with Gasteiger partial charge in [-0.05, 0) is 42.7 Å². The van der Waals surface area contributed by atoms with E-state index in [9.17, 15) is 0 Å². The van der Waals surface area contributed by atoms with Gasteiger partial charge in [0, 0.05) is 5.69 Å². The molecule has 1 heterocycles. The monoisotopic (exact) mass is 251 g/mol. The van der Waals surface area contributed by atoms with Gasteiger partial charge in [0.2, 0.25) is 5.95 Å². The Hall–Kier alpha value is -2.29. The molecular formula is C16H17N3. The zero-order valence-electron chi connectivity index (χ0n) is 11.2. The number of hydrogen-bond donors (Lipinski definition) is 1. The highest BCUT2D eigenvalue weighted by atomic mass is 15.2. The van der Waals surface area contributed by atoms with Crippen molar-refractivity contribution in [2.75, 3.05) is 5.73 Å². The van der Waals surface area contributed by atoms with E-state index in [0.717, 1.165) is 28.7 Å². The quantitative estimate of drug-likeness (QED) is 0.757. The lowest BCUT2D eigenvalue weighted by molar-refractivity contribution is 1.09. The van der Waals surface area contributed by atoms with Crippen molar-refractivity contribution in [2.45, 2.75) is 20.3 Å². The van der Waals surface area contributed by atoms with Gasteiger partial charge in [-0.15, -0.1) is 0 Å². The molecular weight excluding hydrogens is 234 g/mol. The summed E-state index contributed by atoms with van der Waals surface area (Å²) in [6, 6.07) is 14.6. The highest BCUT2D eigenvalue weighted by molar-refractivity contribution is 5.83. The summed E-state index contributed by atoms with van der Waals surface area (Å²) in [6.07, 6.45) is 1.04. The van der Waals surface area contributed by atoms with Gasteiger partial charge < -0.3 is 5.73 Å². The van der Waals surface area contributed by atoms with E-state index in [1.54, 1.807) is 0 Å². The number of nitrogens with two attached hydrogens (primary N) is 1. The molecule has 19 heavy (non-hydrogen) atoms. The third kappa shape index (κ3) is 1.87. The van der Waals surface area contributed by atoms with Gasteiger partial charge in [-0.3, -0.25) is 4.57 Å². The molecule has 0 spiro atoms. The average Bonchev–Trinajstić information content (AvgIpc) is 2.77. The van der Waals surface area contributed by atoms with Gasteiger partial charge in [0.1, 0.15) is 0 Å². The van der Waals surface area contributed by atoms with Gasteiger partial charge in [0.05, 0.1) is 11.0 Å². The van der Waals surface area contributed by atoms with Crippen LogP contribution in [0.25, 0.3) is 16.7 Å². The van der Waals surface area contributed by atoms with Gasteiger partial charge in [-0.1, -0.05) is 31.2 Å². The third-order valence-corrected chi connectivity index (χ3v) is 3.52. The molecule has 0 unspecified atom stereocenters. The van der Waals surface area contributed by atoms with Crippen LogP contribution in [-0.2, 0) is 6.42 Å². The Kier molecular flexibility index (Phi) is 2.75. The number of imidazole rings is 1. The van der Waals surface area contributed by atoms with Crippen LogP contribution in [0.1, 0.15) is 18.1 Å². The minimum absolute atomic E-state index is 0.536. The maximum absolute atomic E-state index is 6.08. The fourth-order valence-corrected chi connectivity index (χ4v) is 2.41. The summed E-state index contributed by atoms with van der Waals surface area (Å²) in [5.74, 6) is 0.536. The van der Waals surface area contributed by atoms with Crippen molar-refractivity contribution < 1.29 is 0 Å². The minimum Gasteiger partial charge on any atom is -0.369 e. The van der Waals surface area contributed by atoms with Crippen molar-refractivity contribution in [1.82, 2.24) is 9.55 Å². The second-order valence-electron chi connectivity index (χ2n) is 4.77. The number of aromatic nitrogens is 2. The van der Waals surface area contributed by atoms with E-state index < -0.39 is 0 Å². The van der Waals surface area contributed by atoms with Crippen molar-refractivity contribution in [3.05, 3.63) is 53.6 Å². The summed E-state index contributed by atoms with van der Waals surface area (Å²) in [5.41, 5.74) is 11.6. The van der Waals surface area contributed by atoms with Crippen molar-refractivity contribution in [3.63, 3.8) is 0 Å². The Morgan fingerprint density at radius 2 is 1.84 bits per heavy atom. The van der Waals surface area contributed by atoms with Crippen LogP contribution in [0.15, 0.2) is 42.5 Å². The minimum atomic E-state index is 0.536. The maximum atomic E-state index is 6.08. The van der Waals surface area contributed by atoms with Crippen LogP contribution in [-0.4, -0.2) is 9.55 Å². The molecule has 0 atom stereocenters. The van der Waals surface area contributed by atoms with E-state index in [0.29, 0.717) is 5.95 Å². The Balaban J connectivity index is 2.23. The molecule has 3 heteroatoms. The summed E-state index contributed by atoms with van der Waals surface area (Å²) in [4.78, 5) is 4.47. The molecule has 2 aromatic carbocycles. The Bertz CT molecular complexity index is 724. The third-order valence-electron chi connectivity index (χ3n) is 3.52. The zero-order valence-corrected chi connectivity index (χ0v) is 11.2.